The van der Waals surface area contributed by atoms with E-state index in [4.69, 9.17) is 5.11 Å². The molecule has 1 rings (SSSR count). The molecular formula is C10H16N2OS. The predicted octanol–water partition coefficient (Wildman–Crippen LogP) is 1.37. The third-order valence-corrected chi connectivity index (χ3v) is 2.61. The second kappa shape index (κ2) is 5.88. The molecule has 1 aromatic heterocycles. The number of anilines is 1. The van der Waals surface area contributed by atoms with Crippen molar-refractivity contribution in [3.63, 3.8) is 0 Å². The molecule has 0 radical (unpaired) electrons. The number of hydrogen-bond donors (Lipinski definition) is 1. The van der Waals surface area contributed by atoms with Crippen molar-refractivity contribution in [3.05, 3.63) is 23.9 Å². The molecule has 0 bridgehead atoms. The SMILES string of the molecule is CSCCN(C)c1cc(CO)ccn1. The zero-order valence-electron chi connectivity index (χ0n) is 8.60. The number of aliphatic hydroxyl groups is 1. The van der Waals surface area contributed by atoms with Gasteiger partial charge in [0.15, 0.2) is 0 Å². The zero-order chi connectivity index (χ0) is 10.4. The summed E-state index contributed by atoms with van der Waals surface area (Å²) in [5, 5.41) is 8.97. The summed E-state index contributed by atoms with van der Waals surface area (Å²) >= 11 is 1.82. The Kier molecular flexibility index (Phi) is 4.76. The lowest BCUT2D eigenvalue weighted by atomic mass is 10.3. The van der Waals surface area contributed by atoms with Gasteiger partial charge >= 0.3 is 0 Å². The Morgan fingerprint density at radius 3 is 3.00 bits per heavy atom. The fraction of sp³-hybridized carbons (Fsp3) is 0.500. The highest BCUT2D eigenvalue weighted by Gasteiger charge is 2.01. The van der Waals surface area contributed by atoms with Gasteiger partial charge in [-0.15, -0.1) is 0 Å². The number of thioether (sulfide) groups is 1. The Bertz CT molecular complexity index is 281. The average molecular weight is 212 g/mol. The van der Waals surface area contributed by atoms with Crippen LogP contribution in [0.4, 0.5) is 5.82 Å². The minimum atomic E-state index is 0.0753. The van der Waals surface area contributed by atoms with Crippen molar-refractivity contribution in [3.8, 4) is 0 Å². The molecule has 14 heavy (non-hydrogen) atoms. The van der Waals surface area contributed by atoms with Crippen molar-refractivity contribution < 1.29 is 5.11 Å². The largest absolute Gasteiger partial charge is 0.392 e. The Morgan fingerprint density at radius 2 is 2.36 bits per heavy atom. The van der Waals surface area contributed by atoms with Crippen molar-refractivity contribution >= 4 is 17.6 Å². The van der Waals surface area contributed by atoms with Crippen molar-refractivity contribution in [1.82, 2.24) is 4.98 Å². The zero-order valence-corrected chi connectivity index (χ0v) is 9.42. The highest BCUT2D eigenvalue weighted by atomic mass is 32.2. The summed E-state index contributed by atoms with van der Waals surface area (Å²) in [5.74, 6) is 2.01. The molecule has 0 unspecified atom stereocenters. The normalized spacial score (nSPS) is 10.2. The first kappa shape index (κ1) is 11.3. The molecule has 1 aromatic rings. The van der Waals surface area contributed by atoms with Crippen molar-refractivity contribution in [2.45, 2.75) is 6.61 Å². The second-order valence-corrected chi connectivity index (χ2v) is 4.08. The number of hydrogen-bond acceptors (Lipinski definition) is 4. The molecular weight excluding hydrogens is 196 g/mol. The molecule has 0 amide bonds. The number of aliphatic hydroxyl groups excluding tert-OH is 1. The molecule has 0 saturated carbocycles. The fourth-order valence-electron chi connectivity index (χ4n) is 1.11. The van der Waals surface area contributed by atoms with Gasteiger partial charge in [0, 0.05) is 25.5 Å². The molecule has 0 aromatic carbocycles. The van der Waals surface area contributed by atoms with Crippen LogP contribution in [0.15, 0.2) is 18.3 Å². The van der Waals surface area contributed by atoms with Gasteiger partial charge in [0.05, 0.1) is 6.61 Å². The molecule has 0 spiro atoms. The summed E-state index contributed by atoms with van der Waals surface area (Å²) in [6, 6.07) is 3.74. The molecule has 0 aliphatic carbocycles. The molecule has 0 saturated heterocycles. The summed E-state index contributed by atoms with van der Waals surface area (Å²) in [4.78, 5) is 6.34. The minimum Gasteiger partial charge on any atom is -0.392 e. The van der Waals surface area contributed by atoms with Gasteiger partial charge < -0.3 is 10.0 Å². The van der Waals surface area contributed by atoms with Gasteiger partial charge in [-0.2, -0.15) is 11.8 Å². The van der Waals surface area contributed by atoms with Crippen LogP contribution in [0.2, 0.25) is 0 Å². The van der Waals surface area contributed by atoms with E-state index in [1.54, 1.807) is 6.20 Å². The lowest BCUT2D eigenvalue weighted by molar-refractivity contribution is 0.281. The van der Waals surface area contributed by atoms with E-state index >= 15 is 0 Å². The second-order valence-electron chi connectivity index (χ2n) is 3.09. The molecule has 0 atom stereocenters. The minimum absolute atomic E-state index is 0.0753. The number of rotatable bonds is 5. The van der Waals surface area contributed by atoms with Crippen LogP contribution in [0, 0.1) is 0 Å². The Balaban J connectivity index is 2.64. The van der Waals surface area contributed by atoms with Crippen molar-refractivity contribution in [2.24, 2.45) is 0 Å². The van der Waals surface area contributed by atoms with Crippen LogP contribution < -0.4 is 4.90 Å². The van der Waals surface area contributed by atoms with E-state index in [0.717, 1.165) is 23.7 Å². The van der Waals surface area contributed by atoms with Gasteiger partial charge in [0.1, 0.15) is 5.82 Å². The summed E-state index contributed by atoms with van der Waals surface area (Å²) in [7, 11) is 2.01. The lowest BCUT2D eigenvalue weighted by Crippen LogP contribution is -2.21. The van der Waals surface area contributed by atoms with E-state index < -0.39 is 0 Å². The third kappa shape index (κ3) is 3.20. The molecule has 3 nitrogen and oxygen atoms in total. The first-order valence-corrected chi connectivity index (χ1v) is 5.93. The van der Waals surface area contributed by atoms with E-state index in [1.807, 2.05) is 30.9 Å². The van der Waals surface area contributed by atoms with Gasteiger partial charge in [-0.05, 0) is 24.0 Å². The molecule has 0 fully saturated rings. The van der Waals surface area contributed by atoms with Crippen LogP contribution >= 0.6 is 11.8 Å². The van der Waals surface area contributed by atoms with Gasteiger partial charge in [-0.1, -0.05) is 0 Å². The molecule has 1 N–H and O–H groups in total. The molecule has 0 aliphatic heterocycles. The summed E-state index contributed by atoms with van der Waals surface area (Å²) in [6.45, 7) is 1.05. The van der Waals surface area contributed by atoms with Crippen LogP contribution in [-0.2, 0) is 6.61 Å². The maximum Gasteiger partial charge on any atom is 0.128 e. The summed E-state index contributed by atoms with van der Waals surface area (Å²) < 4.78 is 0. The maximum absolute atomic E-state index is 8.97. The quantitative estimate of drug-likeness (QED) is 0.800. The lowest BCUT2D eigenvalue weighted by Gasteiger charge is -2.17. The highest BCUT2D eigenvalue weighted by molar-refractivity contribution is 7.98. The van der Waals surface area contributed by atoms with Crippen LogP contribution in [0.3, 0.4) is 0 Å². The maximum atomic E-state index is 8.97. The first-order valence-electron chi connectivity index (χ1n) is 4.53. The van der Waals surface area contributed by atoms with E-state index in [0.29, 0.717) is 0 Å². The topological polar surface area (TPSA) is 36.4 Å². The predicted molar refractivity (Wildman–Crippen MR) is 61.8 cm³/mol. The highest BCUT2D eigenvalue weighted by Crippen LogP contribution is 2.11. The molecule has 78 valence electrons. The van der Waals surface area contributed by atoms with Crippen molar-refractivity contribution in [1.29, 1.82) is 0 Å². The fourth-order valence-corrected chi connectivity index (χ4v) is 1.57. The number of nitrogens with zero attached hydrogens (tertiary/aromatic N) is 2. The smallest absolute Gasteiger partial charge is 0.128 e. The Morgan fingerprint density at radius 1 is 1.57 bits per heavy atom. The van der Waals surface area contributed by atoms with Gasteiger partial charge in [-0.25, -0.2) is 4.98 Å². The van der Waals surface area contributed by atoms with Crippen LogP contribution in [-0.4, -0.2) is 35.7 Å². The molecule has 0 aliphatic rings. The van der Waals surface area contributed by atoms with Crippen molar-refractivity contribution in [2.75, 3.05) is 30.5 Å². The third-order valence-electron chi connectivity index (χ3n) is 2.01. The number of aromatic nitrogens is 1. The van der Waals surface area contributed by atoms with E-state index in [1.165, 1.54) is 0 Å². The molecule has 4 heteroatoms. The van der Waals surface area contributed by atoms with Crippen LogP contribution in [0.1, 0.15) is 5.56 Å². The average Bonchev–Trinajstić information content (AvgIpc) is 2.26. The van der Waals surface area contributed by atoms with Crippen LogP contribution in [0.5, 0.6) is 0 Å². The molecule has 1 heterocycles. The van der Waals surface area contributed by atoms with Crippen LogP contribution in [0.25, 0.3) is 0 Å². The van der Waals surface area contributed by atoms with Gasteiger partial charge in [0.25, 0.3) is 0 Å². The summed E-state index contributed by atoms with van der Waals surface area (Å²) in [5.41, 5.74) is 0.908. The Hall–Kier alpha value is -0.740. The summed E-state index contributed by atoms with van der Waals surface area (Å²) in [6.07, 6.45) is 3.82. The standard InChI is InChI=1S/C10H16N2OS/c1-12(5-6-14-2)10-7-9(8-13)3-4-11-10/h3-4,7,13H,5-6,8H2,1-2H3. The van der Waals surface area contributed by atoms with E-state index in [-0.39, 0.29) is 6.61 Å². The van der Waals surface area contributed by atoms with Gasteiger partial charge in [0.2, 0.25) is 0 Å². The van der Waals surface area contributed by atoms with Gasteiger partial charge in [-0.3, -0.25) is 0 Å². The Labute approximate surface area is 89.2 Å². The van der Waals surface area contributed by atoms with E-state index in [2.05, 4.69) is 16.1 Å². The number of pyridine rings is 1. The first-order chi connectivity index (χ1) is 6.77. The van der Waals surface area contributed by atoms with E-state index in [9.17, 15) is 0 Å². The monoisotopic (exact) mass is 212 g/mol.